The molecule has 1 fully saturated rings. The van der Waals surface area contributed by atoms with Crippen LogP contribution in [0.15, 0.2) is 48.0 Å². The number of rotatable bonds is 7. The Morgan fingerprint density at radius 2 is 1.77 bits per heavy atom. The van der Waals surface area contributed by atoms with Crippen molar-refractivity contribution >= 4 is 39.0 Å². The molecule has 3 rings (SSSR count). The first-order valence-electron chi connectivity index (χ1n) is 9.30. The summed E-state index contributed by atoms with van der Waals surface area (Å²) >= 11 is 5.38. The summed E-state index contributed by atoms with van der Waals surface area (Å²) in [7, 11) is -4.29. The number of allylic oxidation sites excluding steroid dienone is 2. The summed E-state index contributed by atoms with van der Waals surface area (Å²) in [6.45, 7) is 5.11. The first-order chi connectivity index (χ1) is 13.8. The molecule has 0 N–H and O–H groups in total. The second kappa shape index (κ2) is 10.3. The second-order valence-electron chi connectivity index (χ2n) is 6.47. The van der Waals surface area contributed by atoms with Crippen LogP contribution >= 0.6 is 12.2 Å². The van der Waals surface area contributed by atoms with E-state index in [4.69, 9.17) is 17.0 Å². The monoisotopic (exact) mass is 459 g/mol. The zero-order chi connectivity index (χ0) is 21.2. The van der Waals surface area contributed by atoms with Crippen molar-refractivity contribution in [2.45, 2.75) is 20.3 Å². The predicted molar refractivity (Wildman–Crippen MR) is 112 cm³/mol. The molecule has 0 bridgehead atoms. The molecule has 1 saturated heterocycles. The zero-order valence-electron chi connectivity index (χ0n) is 17.2. The molecule has 0 radical (unpaired) electrons. The van der Waals surface area contributed by atoms with Crippen molar-refractivity contribution in [1.82, 2.24) is 9.80 Å². The van der Waals surface area contributed by atoms with E-state index in [0.717, 1.165) is 5.69 Å². The number of hydrogen-bond acceptors (Lipinski definition) is 7. The Morgan fingerprint density at radius 1 is 1.10 bits per heavy atom. The molecule has 30 heavy (non-hydrogen) atoms. The third kappa shape index (κ3) is 5.24. The summed E-state index contributed by atoms with van der Waals surface area (Å²) in [5, 5.41) is 0.470. The van der Waals surface area contributed by atoms with E-state index >= 15 is 0 Å². The van der Waals surface area contributed by atoms with E-state index in [1.54, 1.807) is 28.0 Å². The van der Waals surface area contributed by atoms with E-state index < -0.39 is 15.9 Å². The van der Waals surface area contributed by atoms with Crippen LogP contribution in [0, 0.1) is 0 Å². The molecule has 0 spiro atoms. The first kappa shape index (κ1) is 24.8. The fraction of sp³-hybridized carbons (Fsp3) is 0.368. The summed E-state index contributed by atoms with van der Waals surface area (Å²) in [6, 6.07) is 7.32. The quantitative estimate of drug-likeness (QED) is 0.222. The van der Waals surface area contributed by atoms with Gasteiger partial charge in [-0.25, -0.2) is 8.42 Å². The predicted octanol–water partition coefficient (Wildman–Crippen LogP) is -0.981. The number of benzene rings is 1. The Bertz CT molecular complexity index is 994. The second-order valence-corrected chi connectivity index (χ2v) is 8.36. The maximum Gasteiger partial charge on any atom is 1.00 e. The average molecular weight is 460 g/mol. The van der Waals surface area contributed by atoms with Crippen LogP contribution in [0.1, 0.15) is 20.3 Å². The smallest absolute Gasteiger partial charge is 0.748 e. The van der Waals surface area contributed by atoms with Gasteiger partial charge in [0, 0.05) is 31.5 Å². The van der Waals surface area contributed by atoms with E-state index in [1.807, 2.05) is 32.0 Å². The third-order valence-corrected chi connectivity index (χ3v) is 5.88. The summed E-state index contributed by atoms with van der Waals surface area (Å²) in [5.74, 6) is 0.447. The Morgan fingerprint density at radius 3 is 2.40 bits per heavy atom. The van der Waals surface area contributed by atoms with Crippen LogP contribution in [-0.2, 0) is 14.9 Å². The van der Waals surface area contributed by atoms with E-state index in [0.29, 0.717) is 42.1 Å². The molecule has 2 heterocycles. The normalized spacial score (nSPS) is 18.8. The molecule has 156 valence electrons. The number of fused-ring (bicyclic) bond motifs is 1. The molecular weight excluding hydrogens is 437 g/mol. The zero-order valence-corrected chi connectivity index (χ0v) is 20.8. The molecule has 8 nitrogen and oxygen atoms in total. The van der Waals surface area contributed by atoms with Crippen LogP contribution in [0.2, 0.25) is 0 Å². The maximum atomic E-state index is 12.6. The molecule has 0 aliphatic carbocycles. The van der Waals surface area contributed by atoms with Crippen LogP contribution in [0.25, 0.3) is 0 Å². The summed E-state index contributed by atoms with van der Waals surface area (Å²) in [5.41, 5.74) is 1.23. The minimum Gasteiger partial charge on any atom is -0.748 e. The van der Waals surface area contributed by atoms with Gasteiger partial charge in [0.1, 0.15) is 5.70 Å². The fourth-order valence-electron chi connectivity index (χ4n) is 3.29. The first-order valence-corrected chi connectivity index (χ1v) is 11.3. The molecular formula is C19H22N3NaO5S2. The van der Waals surface area contributed by atoms with Crippen molar-refractivity contribution in [2.24, 2.45) is 0 Å². The standard InChI is InChI=1S/C19H23N3O5S2.Na/c1-3-20-15(18(23)21(4-2)19(20)28)10-11-17-22(12-7-13-29(24,25)26)14-8-5-6-9-16(14)27-17;/h5-6,8-11H,3-4,7,12-13H2,1-2H3,(H,24,25,26);/q;+1/p-1. The average Bonchev–Trinajstić information content (AvgIpc) is 3.13. The van der Waals surface area contributed by atoms with Gasteiger partial charge in [0.05, 0.1) is 15.8 Å². The summed E-state index contributed by atoms with van der Waals surface area (Å²) in [6.07, 6.45) is 3.49. The number of thiocarbonyl (C=S) groups is 1. The molecule has 0 unspecified atom stereocenters. The van der Waals surface area contributed by atoms with Gasteiger partial charge < -0.3 is 19.1 Å². The Balaban J connectivity index is 0.00000320. The molecule has 1 amide bonds. The fourth-order valence-corrected chi connectivity index (χ4v) is 4.21. The van der Waals surface area contributed by atoms with Crippen LogP contribution in [0.5, 0.6) is 5.75 Å². The summed E-state index contributed by atoms with van der Waals surface area (Å²) < 4.78 is 38.7. The van der Waals surface area contributed by atoms with E-state index in [-0.39, 0.29) is 41.9 Å². The van der Waals surface area contributed by atoms with Gasteiger partial charge in [-0.1, -0.05) is 12.1 Å². The number of likely N-dealkylation sites (N-methyl/N-ethyl adjacent to an activating group) is 2. The van der Waals surface area contributed by atoms with Gasteiger partial charge in [0.15, 0.2) is 10.9 Å². The van der Waals surface area contributed by atoms with Gasteiger partial charge >= 0.3 is 29.6 Å². The Hall–Kier alpha value is -1.43. The van der Waals surface area contributed by atoms with Crippen molar-refractivity contribution in [2.75, 3.05) is 30.3 Å². The van der Waals surface area contributed by atoms with E-state index in [9.17, 15) is 17.8 Å². The van der Waals surface area contributed by atoms with Gasteiger partial charge in [0.2, 0.25) is 5.88 Å². The Kier molecular flexibility index (Phi) is 8.49. The SMILES string of the molecule is CCN1C(=O)C(=CC=C2Oc3ccccc3N2CCCS(=O)(=O)[O-])N(CC)C1=S.[Na+]. The van der Waals surface area contributed by atoms with Crippen molar-refractivity contribution in [3.05, 3.63) is 48.0 Å². The van der Waals surface area contributed by atoms with E-state index in [2.05, 4.69) is 0 Å². The molecule has 2 aliphatic heterocycles. The number of amides is 1. The minimum absolute atomic E-state index is 0. The molecule has 11 heteroatoms. The van der Waals surface area contributed by atoms with Crippen molar-refractivity contribution in [1.29, 1.82) is 0 Å². The van der Waals surface area contributed by atoms with Crippen LogP contribution in [-0.4, -0.2) is 59.2 Å². The molecule has 2 aliphatic rings. The Labute approximate surface area is 204 Å². The maximum absolute atomic E-state index is 12.6. The van der Waals surface area contributed by atoms with Crippen molar-refractivity contribution in [3.8, 4) is 5.75 Å². The molecule has 1 aromatic rings. The van der Waals surface area contributed by atoms with Gasteiger partial charge in [-0.05, 0) is 50.7 Å². The number of carbonyl (C=O) groups excluding carboxylic acids is 1. The third-order valence-electron chi connectivity index (χ3n) is 4.65. The number of anilines is 1. The number of para-hydroxylation sites is 2. The van der Waals surface area contributed by atoms with Gasteiger partial charge in [-0.2, -0.15) is 0 Å². The number of ether oxygens (including phenoxy) is 1. The molecule has 0 atom stereocenters. The van der Waals surface area contributed by atoms with Crippen molar-refractivity contribution in [3.63, 3.8) is 0 Å². The van der Waals surface area contributed by atoms with Gasteiger partial charge in [-0.15, -0.1) is 0 Å². The number of carbonyl (C=O) groups is 1. The number of hydrogen-bond donors (Lipinski definition) is 0. The molecule has 0 saturated carbocycles. The largest absolute Gasteiger partial charge is 1.00 e. The van der Waals surface area contributed by atoms with Crippen LogP contribution in [0.3, 0.4) is 0 Å². The summed E-state index contributed by atoms with van der Waals surface area (Å²) in [4.78, 5) is 17.7. The number of nitrogens with zero attached hydrogens (tertiary/aromatic N) is 3. The molecule has 0 aromatic heterocycles. The van der Waals surface area contributed by atoms with Crippen LogP contribution < -0.4 is 39.2 Å². The van der Waals surface area contributed by atoms with Gasteiger partial charge in [-0.3, -0.25) is 9.69 Å². The van der Waals surface area contributed by atoms with Crippen molar-refractivity contribution < 1.29 is 52.1 Å². The van der Waals surface area contributed by atoms with Gasteiger partial charge in [0.25, 0.3) is 5.91 Å². The van der Waals surface area contributed by atoms with E-state index in [1.165, 1.54) is 4.90 Å². The van der Waals surface area contributed by atoms with Crippen LogP contribution in [0.4, 0.5) is 5.69 Å². The minimum atomic E-state index is -4.29. The molecule has 1 aromatic carbocycles. The topological polar surface area (TPSA) is 93.2 Å².